The largest absolute Gasteiger partial charge is 0.480 e. The lowest BCUT2D eigenvalue weighted by atomic mass is 10.1. The number of nitrogens with one attached hydrogen (secondary N) is 2. The van der Waals surface area contributed by atoms with E-state index >= 15 is 0 Å². The van der Waals surface area contributed by atoms with Crippen LogP contribution in [0.3, 0.4) is 0 Å². The fourth-order valence-corrected chi connectivity index (χ4v) is 3.93. The lowest BCUT2D eigenvalue weighted by molar-refractivity contribution is -0.142. The van der Waals surface area contributed by atoms with Crippen LogP contribution in [0.5, 0.6) is 0 Å². The number of phosphoric ester groups is 1. The molecule has 2 amide bonds. The van der Waals surface area contributed by atoms with Crippen molar-refractivity contribution in [1.29, 1.82) is 0 Å². The molecule has 0 aliphatic rings. The van der Waals surface area contributed by atoms with E-state index in [0.29, 0.717) is 32.5 Å². The topological polar surface area (TPSA) is 218 Å². The van der Waals surface area contributed by atoms with Crippen LogP contribution >= 0.6 is 7.82 Å². The van der Waals surface area contributed by atoms with E-state index in [1.165, 1.54) is 0 Å². The molecule has 212 valence electrons. The summed E-state index contributed by atoms with van der Waals surface area (Å²) in [5.74, 6) is -1.64. The number of unbranched alkanes of at least 4 members (excludes halogenated alkanes) is 7. The number of carboxylic acid groups (broad SMARTS) is 1. The number of hydrogen-bond donors (Lipinski definition) is 7. The van der Waals surface area contributed by atoms with Crippen LogP contribution in [0.15, 0.2) is 0 Å². The Hall–Kier alpha value is -1.60. The highest BCUT2D eigenvalue weighted by molar-refractivity contribution is 7.46. The molecule has 0 saturated heterocycles. The van der Waals surface area contributed by atoms with Crippen molar-refractivity contribution in [2.24, 2.45) is 11.5 Å². The normalized spacial score (nSPS) is 12.5. The summed E-state index contributed by atoms with van der Waals surface area (Å²) in [6.07, 6.45) is 7.89. The van der Waals surface area contributed by atoms with Crippen LogP contribution in [0.2, 0.25) is 0 Å². The molecule has 0 rings (SSSR count). The fraction of sp³-hybridized carbons (Fsp3) is 0.864. The van der Waals surface area contributed by atoms with Crippen LogP contribution in [0.25, 0.3) is 0 Å². The molecule has 36 heavy (non-hydrogen) atoms. The monoisotopic (exact) mass is 539 g/mol. The van der Waals surface area contributed by atoms with Gasteiger partial charge in [0.25, 0.3) is 0 Å². The maximum absolute atomic E-state index is 11.9. The zero-order valence-corrected chi connectivity index (χ0v) is 22.1. The molecule has 13 nitrogen and oxygen atoms in total. The Balaban J connectivity index is 3.70. The number of carboxylic acids is 1. The van der Waals surface area contributed by atoms with Gasteiger partial charge in [-0.25, -0.2) is 9.36 Å². The second-order valence-electron chi connectivity index (χ2n) is 8.67. The van der Waals surface area contributed by atoms with Crippen LogP contribution in [-0.4, -0.2) is 89.5 Å². The van der Waals surface area contributed by atoms with Crippen molar-refractivity contribution in [2.75, 3.05) is 45.9 Å². The van der Waals surface area contributed by atoms with E-state index in [1.54, 1.807) is 0 Å². The molecule has 0 aliphatic carbocycles. The standard InChI is InChI=1S/C22H46N5O8P/c23-12-15-27(16-13-24)17-14-25-20(28)9-7-5-3-1-2-4-6-8-10-21(29)26-19(22(30)31)11-18-35-36(32,33)34/h19H,1-18,23-24H2,(H,25,28)(H,26,29)(H,30,31)(H2,32,33,34). The van der Waals surface area contributed by atoms with Gasteiger partial charge in [-0.15, -0.1) is 0 Å². The Morgan fingerprint density at radius 3 is 1.81 bits per heavy atom. The number of hydrogen-bond acceptors (Lipinski definition) is 8. The van der Waals surface area contributed by atoms with Gasteiger partial charge in [0.05, 0.1) is 6.61 Å². The molecule has 0 aromatic carbocycles. The van der Waals surface area contributed by atoms with Gasteiger partial charge in [-0.1, -0.05) is 38.5 Å². The van der Waals surface area contributed by atoms with Crippen molar-refractivity contribution in [2.45, 2.75) is 76.7 Å². The van der Waals surface area contributed by atoms with Crippen LogP contribution in [0.1, 0.15) is 70.6 Å². The zero-order valence-electron chi connectivity index (χ0n) is 21.2. The predicted octanol–water partition coefficient (Wildman–Crippen LogP) is 0.292. The number of nitrogens with two attached hydrogens (primary N) is 2. The van der Waals surface area contributed by atoms with Gasteiger partial charge in [0.15, 0.2) is 0 Å². The lowest BCUT2D eigenvalue weighted by Crippen LogP contribution is -2.41. The molecule has 0 radical (unpaired) electrons. The Morgan fingerprint density at radius 1 is 0.833 bits per heavy atom. The second kappa shape index (κ2) is 21.5. The van der Waals surface area contributed by atoms with Gasteiger partial charge in [0.2, 0.25) is 11.8 Å². The average molecular weight is 540 g/mol. The summed E-state index contributed by atoms with van der Waals surface area (Å²) in [5, 5.41) is 14.4. The first-order valence-electron chi connectivity index (χ1n) is 12.7. The van der Waals surface area contributed by atoms with E-state index in [1.807, 2.05) is 0 Å². The van der Waals surface area contributed by atoms with E-state index in [4.69, 9.17) is 26.4 Å². The van der Waals surface area contributed by atoms with Gasteiger partial charge in [0.1, 0.15) is 6.04 Å². The quantitative estimate of drug-likeness (QED) is 0.0653. The summed E-state index contributed by atoms with van der Waals surface area (Å²) >= 11 is 0. The fourth-order valence-electron chi connectivity index (χ4n) is 3.59. The Labute approximate surface area is 213 Å². The summed E-state index contributed by atoms with van der Waals surface area (Å²) in [4.78, 5) is 54.4. The predicted molar refractivity (Wildman–Crippen MR) is 136 cm³/mol. The molecule has 0 saturated carbocycles. The first kappa shape index (κ1) is 34.4. The van der Waals surface area contributed by atoms with Crippen LogP contribution in [0.4, 0.5) is 0 Å². The molecule has 0 aromatic rings. The maximum Gasteiger partial charge on any atom is 0.469 e. The summed E-state index contributed by atoms with van der Waals surface area (Å²) in [6.45, 7) is 3.54. The average Bonchev–Trinajstić information content (AvgIpc) is 2.79. The third-order valence-corrected chi connectivity index (χ3v) is 6.02. The lowest BCUT2D eigenvalue weighted by Gasteiger charge is -2.20. The smallest absolute Gasteiger partial charge is 0.469 e. The maximum atomic E-state index is 11.9. The molecular weight excluding hydrogens is 493 g/mol. The zero-order chi connectivity index (χ0) is 27.2. The molecule has 0 spiro atoms. The summed E-state index contributed by atoms with van der Waals surface area (Å²) in [5.41, 5.74) is 11.1. The summed E-state index contributed by atoms with van der Waals surface area (Å²) < 4.78 is 14.9. The molecule has 0 aromatic heterocycles. The minimum Gasteiger partial charge on any atom is -0.480 e. The number of amides is 2. The van der Waals surface area contributed by atoms with E-state index in [-0.39, 0.29) is 18.7 Å². The minimum absolute atomic E-state index is 0.0631. The van der Waals surface area contributed by atoms with E-state index in [9.17, 15) is 18.9 Å². The van der Waals surface area contributed by atoms with Crippen LogP contribution in [0, 0.1) is 0 Å². The molecule has 9 N–H and O–H groups in total. The van der Waals surface area contributed by atoms with Crippen molar-refractivity contribution >= 4 is 25.6 Å². The highest BCUT2D eigenvalue weighted by atomic mass is 31.2. The number of rotatable bonds is 24. The van der Waals surface area contributed by atoms with Crippen molar-refractivity contribution < 1.29 is 38.4 Å². The first-order chi connectivity index (χ1) is 17.1. The molecular formula is C22H46N5O8P. The molecule has 0 aliphatic heterocycles. The van der Waals surface area contributed by atoms with E-state index < -0.39 is 32.3 Å². The Kier molecular flexibility index (Phi) is 20.5. The Bertz CT molecular complexity index is 658. The molecule has 0 bridgehead atoms. The van der Waals surface area contributed by atoms with Gasteiger partial charge >= 0.3 is 13.8 Å². The highest BCUT2D eigenvalue weighted by Crippen LogP contribution is 2.35. The number of carbonyl (C=O) groups excluding carboxylic acids is 2. The molecule has 1 atom stereocenters. The second-order valence-corrected chi connectivity index (χ2v) is 9.91. The SMILES string of the molecule is NCCN(CCN)CCNC(=O)CCCCCCCCCCC(=O)NC(CCOP(=O)(O)O)C(=O)O. The van der Waals surface area contributed by atoms with Gasteiger partial charge < -0.3 is 37.0 Å². The van der Waals surface area contributed by atoms with Gasteiger partial charge in [-0.05, 0) is 12.8 Å². The van der Waals surface area contributed by atoms with Crippen molar-refractivity contribution in [1.82, 2.24) is 15.5 Å². The minimum atomic E-state index is -4.67. The molecule has 1 unspecified atom stereocenters. The van der Waals surface area contributed by atoms with Gasteiger partial charge in [-0.2, -0.15) is 0 Å². The number of aliphatic carboxylic acids is 1. The molecule has 0 fully saturated rings. The first-order valence-corrected chi connectivity index (χ1v) is 14.2. The third-order valence-electron chi connectivity index (χ3n) is 5.50. The molecule has 14 heteroatoms. The third kappa shape index (κ3) is 21.7. The van der Waals surface area contributed by atoms with Crippen molar-refractivity contribution in [3.05, 3.63) is 0 Å². The summed E-state index contributed by atoms with van der Waals surface area (Å²) in [7, 11) is -4.67. The highest BCUT2D eigenvalue weighted by Gasteiger charge is 2.22. The van der Waals surface area contributed by atoms with Crippen molar-refractivity contribution in [3.8, 4) is 0 Å². The van der Waals surface area contributed by atoms with Crippen LogP contribution in [-0.2, 0) is 23.5 Å². The Morgan fingerprint density at radius 2 is 1.33 bits per heavy atom. The molecule has 0 heterocycles. The van der Waals surface area contributed by atoms with E-state index in [0.717, 1.165) is 64.6 Å². The van der Waals surface area contributed by atoms with Gasteiger partial charge in [0, 0.05) is 58.5 Å². The number of nitrogens with zero attached hydrogens (tertiary/aromatic N) is 1. The number of carbonyl (C=O) groups is 3. The van der Waals surface area contributed by atoms with Gasteiger partial charge in [-0.3, -0.25) is 19.0 Å². The van der Waals surface area contributed by atoms with Crippen LogP contribution < -0.4 is 22.1 Å². The number of phosphoric acid groups is 1. The van der Waals surface area contributed by atoms with Crippen molar-refractivity contribution in [3.63, 3.8) is 0 Å². The summed E-state index contributed by atoms with van der Waals surface area (Å²) in [6, 6.07) is -1.26. The van der Waals surface area contributed by atoms with E-state index in [2.05, 4.69) is 20.1 Å².